The number of pyridine rings is 1. The molecule has 0 bridgehead atoms. The second kappa shape index (κ2) is 5.37. The van der Waals surface area contributed by atoms with E-state index < -0.39 is 0 Å². The van der Waals surface area contributed by atoms with Crippen LogP contribution in [0.25, 0.3) is 21.7 Å². The van der Waals surface area contributed by atoms with Crippen LogP contribution >= 0.6 is 11.3 Å². The molecule has 0 amide bonds. The van der Waals surface area contributed by atoms with E-state index >= 15 is 0 Å². The van der Waals surface area contributed by atoms with Crippen LogP contribution in [0.5, 0.6) is 0 Å². The van der Waals surface area contributed by atoms with Gasteiger partial charge in [0.25, 0.3) is 0 Å². The number of allylic oxidation sites excluding steroid dienone is 1. The van der Waals surface area contributed by atoms with Crippen molar-refractivity contribution in [3.63, 3.8) is 0 Å². The average molecular weight is 265 g/mol. The first-order valence-corrected chi connectivity index (χ1v) is 7.33. The SMILES string of the molecule is CC/C(=C\c1csc2ccccc12)c1ccncc1. The van der Waals surface area contributed by atoms with Gasteiger partial charge in [0.1, 0.15) is 0 Å². The molecule has 19 heavy (non-hydrogen) atoms. The minimum Gasteiger partial charge on any atom is -0.265 e. The van der Waals surface area contributed by atoms with E-state index in [2.05, 4.69) is 59.8 Å². The van der Waals surface area contributed by atoms with Gasteiger partial charge < -0.3 is 0 Å². The summed E-state index contributed by atoms with van der Waals surface area (Å²) in [6, 6.07) is 12.7. The Labute approximate surface area is 117 Å². The first-order chi connectivity index (χ1) is 9.38. The highest BCUT2D eigenvalue weighted by molar-refractivity contribution is 7.17. The lowest BCUT2D eigenvalue weighted by Crippen LogP contribution is -1.83. The summed E-state index contributed by atoms with van der Waals surface area (Å²) in [4.78, 5) is 4.08. The maximum Gasteiger partial charge on any atom is 0.0348 e. The topological polar surface area (TPSA) is 12.9 Å². The molecule has 3 rings (SSSR count). The van der Waals surface area contributed by atoms with Crippen molar-refractivity contribution in [1.82, 2.24) is 4.98 Å². The fraction of sp³-hybridized carbons (Fsp3) is 0.118. The minimum atomic E-state index is 1.02. The molecule has 0 radical (unpaired) electrons. The lowest BCUT2D eigenvalue weighted by atomic mass is 10.0. The van der Waals surface area contributed by atoms with Crippen molar-refractivity contribution in [2.75, 3.05) is 0 Å². The van der Waals surface area contributed by atoms with Crippen LogP contribution in [0, 0.1) is 0 Å². The Balaban J connectivity index is 2.08. The summed E-state index contributed by atoms with van der Waals surface area (Å²) in [6.07, 6.45) is 7.03. The van der Waals surface area contributed by atoms with E-state index in [0.717, 1.165) is 6.42 Å². The fourth-order valence-corrected chi connectivity index (χ4v) is 3.17. The van der Waals surface area contributed by atoms with Gasteiger partial charge in [-0.2, -0.15) is 0 Å². The third-order valence-corrected chi connectivity index (χ3v) is 4.25. The number of fused-ring (bicyclic) bond motifs is 1. The Bertz CT molecular complexity index is 710. The summed E-state index contributed by atoms with van der Waals surface area (Å²) < 4.78 is 1.35. The fourth-order valence-electron chi connectivity index (χ4n) is 2.25. The van der Waals surface area contributed by atoms with Crippen molar-refractivity contribution in [2.45, 2.75) is 13.3 Å². The smallest absolute Gasteiger partial charge is 0.0348 e. The van der Waals surface area contributed by atoms with E-state index in [9.17, 15) is 0 Å². The molecule has 0 saturated heterocycles. The second-order valence-electron chi connectivity index (χ2n) is 4.45. The van der Waals surface area contributed by atoms with Crippen molar-refractivity contribution in [2.24, 2.45) is 0 Å². The van der Waals surface area contributed by atoms with Crippen LogP contribution in [0.2, 0.25) is 0 Å². The molecule has 0 atom stereocenters. The van der Waals surface area contributed by atoms with Crippen LogP contribution in [-0.4, -0.2) is 4.98 Å². The molecular formula is C17H15NS. The Kier molecular flexibility index (Phi) is 3.43. The Morgan fingerprint density at radius 1 is 1.16 bits per heavy atom. The summed E-state index contributed by atoms with van der Waals surface area (Å²) >= 11 is 1.80. The van der Waals surface area contributed by atoms with Crippen LogP contribution in [0.3, 0.4) is 0 Å². The zero-order valence-corrected chi connectivity index (χ0v) is 11.7. The van der Waals surface area contributed by atoms with Crippen LogP contribution < -0.4 is 0 Å². The van der Waals surface area contributed by atoms with Gasteiger partial charge in [0.15, 0.2) is 0 Å². The summed E-state index contributed by atoms with van der Waals surface area (Å²) in [5.74, 6) is 0. The highest BCUT2D eigenvalue weighted by Gasteiger charge is 2.03. The van der Waals surface area contributed by atoms with Gasteiger partial charge in [-0.1, -0.05) is 25.1 Å². The zero-order chi connectivity index (χ0) is 13.1. The van der Waals surface area contributed by atoms with Gasteiger partial charge in [-0.15, -0.1) is 11.3 Å². The molecule has 94 valence electrons. The van der Waals surface area contributed by atoms with E-state index in [4.69, 9.17) is 0 Å². The third kappa shape index (κ3) is 2.45. The average Bonchev–Trinajstić information content (AvgIpc) is 2.89. The predicted molar refractivity (Wildman–Crippen MR) is 84.2 cm³/mol. The molecule has 0 aliphatic carbocycles. The Hall–Kier alpha value is -1.93. The van der Waals surface area contributed by atoms with E-state index in [0.29, 0.717) is 0 Å². The van der Waals surface area contributed by atoms with Gasteiger partial charge in [-0.25, -0.2) is 0 Å². The number of rotatable bonds is 3. The quantitative estimate of drug-likeness (QED) is 0.630. The maximum atomic E-state index is 4.08. The molecule has 3 aromatic rings. The normalized spacial score (nSPS) is 11.9. The standard InChI is InChI=1S/C17H15NS/c1-2-13(14-7-9-18-10-8-14)11-15-12-19-17-6-4-3-5-16(15)17/h3-12H,2H2,1H3/b13-11+. The number of thiophene rings is 1. The summed E-state index contributed by atoms with van der Waals surface area (Å²) in [5.41, 5.74) is 3.92. The monoisotopic (exact) mass is 265 g/mol. The van der Waals surface area contributed by atoms with Crippen LogP contribution in [0.15, 0.2) is 54.2 Å². The van der Waals surface area contributed by atoms with Crippen LogP contribution in [0.1, 0.15) is 24.5 Å². The summed E-state index contributed by atoms with van der Waals surface area (Å²) in [5, 5.41) is 3.58. The van der Waals surface area contributed by atoms with Crippen molar-refractivity contribution >= 4 is 33.1 Å². The highest BCUT2D eigenvalue weighted by Crippen LogP contribution is 2.30. The van der Waals surface area contributed by atoms with E-state index in [1.807, 2.05) is 12.4 Å². The molecule has 2 aromatic heterocycles. The predicted octanol–water partition coefficient (Wildman–Crippen LogP) is 5.25. The number of hydrogen-bond acceptors (Lipinski definition) is 2. The van der Waals surface area contributed by atoms with Crippen LogP contribution in [-0.2, 0) is 0 Å². The van der Waals surface area contributed by atoms with Crippen LogP contribution in [0.4, 0.5) is 0 Å². The van der Waals surface area contributed by atoms with Gasteiger partial charge in [0.2, 0.25) is 0 Å². The first kappa shape index (κ1) is 12.1. The van der Waals surface area contributed by atoms with Gasteiger partial charge in [-0.05, 0) is 58.2 Å². The Morgan fingerprint density at radius 2 is 1.95 bits per heavy atom. The summed E-state index contributed by atoms with van der Waals surface area (Å²) in [7, 11) is 0. The molecule has 0 saturated carbocycles. The second-order valence-corrected chi connectivity index (χ2v) is 5.36. The van der Waals surface area contributed by atoms with Gasteiger partial charge in [0, 0.05) is 17.1 Å². The van der Waals surface area contributed by atoms with Gasteiger partial charge >= 0.3 is 0 Å². The molecule has 0 aliphatic rings. The molecule has 0 spiro atoms. The molecule has 0 fully saturated rings. The number of benzene rings is 1. The van der Waals surface area contributed by atoms with Gasteiger partial charge in [0.05, 0.1) is 0 Å². The summed E-state index contributed by atoms with van der Waals surface area (Å²) in [6.45, 7) is 2.20. The molecule has 1 aromatic carbocycles. The molecule has 0 N–H and O–H groups in total. The van der Waals surface area contributed by atoms with E-state index in [1.54, 1.807) is 11.3 Å². The Morgan fingerprint density at radius 3 is 2.74 bits per heavy atom. The largest absolute Gasteiger partial charge is 0.265 e. The number of hydrogen-bond donors (Lipinski definition) is 0. The minimum absolute atomic E-state index is 1.02. The lowest BCUT2D eigenvalue weighted by Gasteiger charge is -2.04. The number of nitrogens with zero attached hydrogens (tertiary/aromatic N) is 1. The van der Waals surface area contributed by atoms with Crippen molar-refractivity contribution in [1.29, 1.82) is 0 Å². The van der Waals surface area contributed by atoms with E-state index in [-0.39, 0.29) is 0 Å². The van der Waals surface area contributed by atoms with Crippen molar-refractivity contribution in [3.05, 3.63) is 65.3 Å². The van der Waals surface area contributed by atoms with E-state index in [1.165, 1.54) is 26.8 Å². The molecule has 2 heteroatoms. The lowest BCUT2D eigenvalue weighted by molar-refractivity contribution is 1.23. The molecule has 0 aliphatic heterocycles. The highest BCUT2D eigenvalue weighted by atomic mass is 32.1. The van der Waals surface area contributed by atoms with Crippen molar-refractivity contribution < 1.29 is 0 Å². The molecule has 1 nitrogen and oxygen atoms in total. The van der Waals surface area contributed by atoms with Crippen molar-refractivity contribution in [3.8, 4) is 0 Å². The first-order valence-electron chi connectivity index (χ1n) is 6.45. The third-order valence-electron chi connectivity index (χ3n) is 3.27. The zero-order valence-electron chi connectivity index (χ0n) is 10.8. The maximum absolute atomic E-state index is 4.08. The number of aromatic nitrogens is 1. The molecule has 2 heterocycles. The molecular weight excluding hydrogens is 250 g/mol. The molecule has 0 unspecified atom stereocenters. The van der Waals surface area contributed by atoms with Gasteiger partial charge in [-0.3, -0.25) is 4.98 Å².